The molecule has 0 atom stereocenters. The smallest absolute Gasteiger partial charge is 0.289 e. The summed E-state index contributed by atoms with van der Waals surface area (Å²) in [6.45, 7) is 3.69. The molecule has 1 aliphatic heterocycles. The van der Waals surface area contributed by atoms with E-state index >= 15 is 0 Å². The number of anilines is 1. The van der Waals surface area contributed by atoms with Gasteiger partial charge in [0.25, 0.3) is 5.91 Å². The van der Waals surface area contributed by atoms with Crippen molar-refractivity contribution in [1.29, 1.82) is 0 Å². The van der Waals surface area contributed by atoms with Gasteiger partial charge in [0.05, 0.1) is 6.26 Å². The average Bonchev–Trinajstić information content (AvgIpc) is 3.35. The molecule has 1 saturated carbocycles. The Balaban J connectivity index is 1.36. The summed E-state index contributed by atoms with van der Waals surface area (Å²) < 4.78 is 5.16. The fourth-order valence-electron chi connectivity index (χ4n) is 3.52. The second-order valence-electron chi connectivity index (χ2n) is 7.46. The molecule has 1 aromatic carbocycles. The van der Waals surface area contributed by atoms with Gasteiger partial charge in [0, 0.05) is 31.9 Å². The van der Waals surface area contributed by atoms with E-state index in [0.29, 0.717) is 50.5 Å². The van der Waals surface area contributed by atoms with Crippen LogP contribution in [-0.4, -0.2) is 53.7 Å². The van der Waals surface area contributed by atoms with Gasteiger partial charge >= 0.3 is 0 Å². The third-order valence-electron chi connectivity index (χ3n) is 5.49. The minimum Gasteiger partial charge on any atom is -0.459 e. The Bertz CT molecular complexity index is 877. The van der Waals surface area contributed by atoms with Crippen molar-refractivity contribution in [3.8, 4) is 0 Å². The van der Waals surface area contributed by atoms with Crippen LogP contribution in [0, 0.1) is 12.3 Å². The Morgan fingerprint density at radius 3 is 2.18 bits per heavy atom. The summed E-state index contributed by atoms with van der Waals surface area (Å²) in [7, 11) is 0. The van der Waals surface area contributed by atoms with E-state index in [4.69, 9.17) is 4.42 Å². The molecule has 1 aromatic heterocycles. The van der Waals surface area contributed by atoms with E-state index < -0.39 is 5.41 Å². The van der Waals surface area contributed by atoms with Crippen LogP contribution < -0.4 is 5.32 Å². The third kappa shape index (κ3) is 3.40. The first-order valence-electron chi connectivity index (χ1n) is 9.50. The number of hydrogen-bond acceptors (Lipinski definition) is 4. The molecule has 28 heavy (non-hydrogen) atoms. The molecule has 0 radical (unpaired) electrons. The summed E-state index contributed by atoms with van der Waals surface area (Å²) in [4.78, 5) is 41.5. The highest BCUT2D eigenvalue weighted by molar-refractivity contribution is 6.13. The molecule has 7 heteroatoms. The molecule has 146 valence electrons. The molecule has 0 bridgehead atoms. The minimum atomic E-state index is -0.960. The lowest BCUT2D eigenvalue weighted by Crippen LogP contribution is -2.53. The highest BCUT2D eigenvalue weighted by Gasteiger charge is 2.58. The van der Waals surface area contributed by atoms with E-state index in [1.165, 1.54) is 6.26 Å². The Morgan fingerprint density at radius 1 is 0.964 bits per heavy atom. The molecule has 1 saturated heterocycles. The van der Waals surface area contributed by atoms with E-state index in [2.05, 4.69) is 5.32 Å². The van der Waals surface area contributed by atoms with E-state index in [1.54, 1.807) is 21.9 Å². The highest BCUT2D eigenvalue weighted by atomic mass is 16.3. The predicted molar refractivity (Wildman–Crippen MR) is 103 cm³/mol. The Morgan fingerprint density at radius 2 is 1.61 bits per heavy atom. The second-order valence-corrected chi connectivity index (χ2v) is 7.46. The maximum atomic E-state index is 13.0. The summed E-state index contributed by atoms with van der Waals surface area (Å²) in [5, 5.41) is 2.87. The van der Waals surface area contributed by atoms with Crippen molar-refractivity contribution in [3.05, 3.63) is 54.0 Å². The van der Waals surface area contributed by atoms with Crippen LogP contribution in [0.2, 0.25) is 0 Å². The zero-order chi connectivity index (χ0) is 19.7. The normalized spacial score (nSPS) is 17.9. The van der Waals surface area contributed by atoms with Gasteiger partial charge in [-0.25, -0.2) is 0 Å². The fraction of sp³-hybridized carbons (Fsp3) is 0.381. The largest absolute Gasteiger partial charge is 0.459 e. The molecular weight excluding hydrogens is 358 g/mol. The maximum absolute atomic E-state index is 13.0. The number of aryl methyl sites for hydroxylation is 1. The number of nitrogens with one attached hydrogen (secondary N) is 1. The fourth-order valence-corrected chi connectivity index (χ4v) is 3.52. The van der Waals surface area contributed by atoms with Gasteiger partial charge in [-0.2, -0.15) is 0 Å². The molecule has 2 heterocycles. The lowest BCUT2D eigenvalue weighted by atomic mass is 10.0. The van der Waals surface area contributed by atoms with Gasteiger partial charge in [-0.1, -0.05) is 17.7 Å². The average molecular weight is 381 g/mol. The lowest BCUT2D eigenvalue weighted by molar-refractivity contribution is -0.143. The molecule has 1 N–H and O–H groups in total. The van der Waals surface area contributed by atoms with Crippen LogP contribution in [0.25, 0.3) is 0 Å². The zero-order valence-electron chi connectivity index (χ0n) is 15.8. The van der Waals surface area contributed by atoms with Crippen molar-refractivity contribution in [1.82, 2.24) is 9.80 Å². The van der Waals surface area contributed by atoms with Gasteiger partial charge in [-0.05, 0) is 44.0 Å². The van der Waals surface area contributed by atoms with Crippen molar-refractivity contribution in [3.63, 3.8) is 0 Å². The topological polar surface area (TPSA) is 82.9 Å². The van der Waals surface area contributed by atoms with Crippen LogP contribution in [0.3, 0.4) is 0 Å². The summed E-state index contributed by atoms with van der Waals surface area (Å²) in [6, 6.07) is 10.8. The molecule has 4 rings (SSSR count). The molecule has 2 aliphatic rings. The van der Waals surface area contributed by atoms with Gasteiger partial charge in [-0.15, -0.1) is 0 Å². The Hall–Kier alpha value is -3.09. The third-order valence-corrected chi connectivity index (χ3v) is 5.49. The maximum Gasteiger partial charge on any atom is 0.289 e. The van der Waals surface area contributed by atoms with Crippen LogP contribution in [0.5, 0.6) is 0 Å². The molecule has 0 spiro atoms. The zero-order valence-corrected chi connectivity index (χ0v) is 15.8. The summed E-state index contributed by atoms with van der Waals surface area (Å²) >= 11 is 0. The Kier molecular flexibility index (Phi) is 4.66. The molecule has 2 aromatic rings. The molecule has 2 fully saturated rings. The highest BCUT2D eigenvalue weighted by Crippen LogP contribution is 2.48. The van der Waals surface area contributed by atoms with E-state index in [1.807, 2.05) is 31.2 Å². The number of benzene rings is 1. The van der Waals surface area contributed by atoms with Crippen LogP contribution in [0.1, 0.15) is 29.0 Å². The lowest BCUT2D eigenvalue weighted by Gasteiger charge is -2.36. The SMILES string of the molecule is Cc1ccc(NC(=O)C2(C(=O)N3CCN(C(=O)c4ccco4)CC3)CC2)cc1. The van der Waals surface area contributed by atoms with Gasteiger partial charge in [0.1, 0.15) is 5.41 Å². The monoisotopic (exact) mass is 381 g/mol. The predicted octanol–water partition coefficient (Wildman–Crippen LogP) is 2.29. The standard InChI is InChI=1S/C21H23N3O4/c1-15-4-6-16(7-5-15)22-19(26)21(8-9-21)20(27)24-12-10-23(11-13-24)18(25)17-3-2-14-28-17/h2-7,14H,8-13H2,1H3,(H,22,26). The van der Waals surface area contributed by atoms with E-state index in [-0.39, 0.29) is 17.7 Å². The quantitative estimate of drug-likeness (QED) is 0.824. The number of hydrogen-bond donors (Lipinski definition) is 1. The van der Waals surface area contributed by atoms with Crippen LogP contribution in [-0.2, 0) is 9.59 Å². The molecule has 0 unspecified atom stereocenters. The van der Waals surface area contributed by atoms with Crippen molar-refractivity contribution < 1.29 is 18.8 Å². The molecular formula is C21H23N3O4. The number of furan rings is 1. The number of carbonyl (C=O) groups is 3. The second kappa shape index (κ2) is 7.14. The van der Waals surface area contributed by atoms with Crippen LogP contribution in [0.15, 0.2) is 47.1 Å². The molecule has 7 nitrogen and oxygen atoms in total. The Labute approximate surface area is 163 Å². The van der Waals surface area contributed by atoms with Gasteiger partial charge in [0.15, 0.2) is 5.76 Å². The van der Waals surface area contributed by atoms with Crippen molar-refractivity contribution in [2.24, 2.45) is 5.41 Å². The first kappa shape index (κ1) is 18.3. The van der Waals surface area contributed by atoms with Gasteiger partial charge in [-0.3, -0.25) is 14.4 Å². The number of rotatable bonds is 4. The number of carbonyl (C=O) groups excluding carboxylic acids is 3. The summed E-state index contributed by atoms with van der Waals surface area (Å²) in [5.74, 6) is -0.246. The van der Waals surface area contributed by atoms with Gasteiger partial charge in [0.2, 0.25) is 11.8 Å². The molecule has 3 amide bonds. The van der Waals surface area contributed by atoms with Gasteiger partial charge < -0.3 is 19.5 Å². The van der Waals surface area contributed by atoms with E-state index in [9.17, 15) is 14.4 Å². The van der Waals surface area contributed by atoms with Crippen molar-refractivity contribution >= 4 is 23.4 Å². The van der Waals surface area contributed by atoms with Crippen molar-refractivity contribution in [2.75, 3.05) is 31.5 Å². The molecule has 1 aliphatic carbocycles. The van der Waals surface area contributed by atoms with Crippen LogP contribution >= 0.6 is 0 Å². The number of piperazine rings is 1. The summed E-state index contributed by atoms with van der Waals surface area (Å²) in [5.41, 5.74) is 0.846. The van der Waals surface area contributed by atoms with Crippen LogP contribution in [0.4, 0.5) is 5.69 Å². The first-order chi connectivity index (χ1) is 13.5. The minimum absolute atomic E-state index is 0.137. The summed E-state index contributed by atoms with van der Waals surface area (Å²) in [6.07, 6.45) is 2.60. The van der Waals surface area contributed by atoms with E-state index in [0.717, 1.165) is 5.56 Å². The van der Waals surface area contributed by atoms with Crippen molar-refractivity contribution in [2.45, 2.75) is 19.8 Å². The first-order valence-corrected chi connectivity index (χ1v) is 9.50. The number of nitrogens with zero attached hydrogens (tertiary/aromatic N) is 2. The number of amides is 3.